The Hall–Kier alpha value is -2.37. The zero-order valence-corrected chi connectivity index (χ0v) is 14.4. The van der Waals surface area contributed by atoms with Gasteiger partial charge in [0.1, 0.15) is 0 Å². The van der Waals surface area contributed by atoms with E-state index in [1.807, 2.05) is 40.7 Å². The van der Waals surface area contributed by atoms with E-state index in [0.717, 1.165) is 11.1 Å². The van der Waals surface area contributed by atoms with Crippen LogP contribution in [0.1, 0.15) is 42.3 Å². The highest BCUT2D eigenvalue weighted by Gasteiger charge is 2.14. The van der Waals surface area contributed by atoms with Crippen LogP contribution in [0.3, 0.4) is 0 Å². The van der Waals surface area contributed by atoms with E-state index in [-0.39, 0.29) is 30.4 Å². The predicted octanol–water partition coefficient (Wildman–Crippen LogP) is 1.06. The molecule has 0 unspecified atom stereocenters. The summed E-state index contributed by atoms with van der Waals surface area (Å²) in [7, 11) is 0. The van der Waals surface area contributed by atoms with E-state index in [2.05, 4.69) is 16.0 Å². The van der Waals surface area contributed by atoms with Crippen LogP contribution in [0.25, 0.3) is 0 Å². The molecule has 0 aromatic heterocycles. The lowest BCUT2D eigenvalue weighted by Gasteiger charge is -2.20. The molecule has 3 N–H and O–H groups in total. The van der Waals surface area contributed by atoms with Crippen molar-refractivity contribution in [2.75, 3.05) is 13.1 Å². The first-order chi connectivity index (χ1) is 10.6. The van der Waals surface area contributed by atoms with E-state index in [1.165, 1.54) is 0 Å². The van der Waals surface area contributed by atoms with Crippen molar-refractivity contribution in [3.8, 4) is 0 Å². The van der Waals surface area contributed by atoms with Crippen LogP contribution in [0.5, 0.6) is 0 Å². The fraction of sp³-hybridized carbons (Fsp3) is 0.471. The van der Waals surface area contributed by atoms with Gasteiger partial charge in [-0.05, 0) is 46.8 Å². The topological polar surface area (TPSA) is 87.3 Å². The van der Waals surface area contributed by atoms with E-state index >= 15 is 0 Å². The van der Waals surface area contributed by atoms with Crippen LogP contribution < -0.4 is 16.0 Å². The van der Waals surface area contributed by atoms with Crippen LogP contribution in [0.4, 0.5) is 0 Å². The van der Waals surface area contributed by atoms with Crippen LogP contribution in [-0.4, -0.2) is 36.3 Å². The van der Waals surface area contributed by atoms with Gasteiger partial charge in [-0.3, -0.25) is 14.4 Å². The lowest BCUT2D eigenvalue weighted by atomic mass is 10.1. The summed E-state index contributed by atoms with van der Waals surface area (Å²) in [5.41, 5.74) is 2.14. The van der Waals surface area contributed by atoms with E-state index < -0.39 is 5.91 Å². The minimum atomic E-state index is -0.410. The minimum Gasteiger partial charge on any atom is -0.350 e. The van der Waals surface area contributed by atoms with Crippen molar-refractivity contribution < 1.29 is 14.4 Å². The summed E-state index contributed by atoms with van der Waals surface area (Å²) < 4.78 is 0. The van der Waals surface area contributed by atoms with Gasteiger partial charge in [-0.15, -0.1) is 0 Å². The quantitative estimate of drug-likeness (QED) is 0.758. The standard InChI is InChI=1S/C17H25N3O3/c1-11-6-12(2)8-13(7-11)16(23)19-9-14(21)18-10-15(22)20-17(3,4)5/h6-8H,9-10H2,1-5H3,(H,18,21)(H,19,23)(H,20,22). The summed E-state index contributed by atoms with van der Waals surface area (Å²) in [5, 5.41) is 7.75. The molecule has 0 fully saturated rings. The molecule has 3 amide bonds. The predicted molar refractivity (Wildman–Crippen MR) is 89.2 cm³/mol. The van der Waals surface area contributed by atoms with E-state index in [1.54, 1.807) is 12.1 Å². The zero-order chi connectivity index (χ0) is 17.6. The summed E-state index contributed by atoms with van der Waals surface area (Å²) in [6.07, 6.45) is 0. The van der Waals surface area contributed by atoms with E-state index in [0.29, 0.717) is 5.56 Å². The number of hydrogen-bond donors (Lipinski definition) is 3. The Labute approximate surface area is 137 Å². The highest BCUT2D eigenvalue weighted by atomic mass is 16.2. The molecule has 23 heavy (non-hydrogen) atoms. The molecule has 0 aliphatic rings. The zero-order valence-electron chi connectivity index (χ0n) is 14.4. The molecule has 0 saturated heterocycles. The average molecular weight is 319 g/mol. The Morgan fingerprint density at radius 3 is 1.91 bits per heavy atom. The molecule has 0 atom stereocenters. The van der Waals surface area contributed by atoms with Crippen LogP contribution in [0.2, 0.25) is 0 Å². The maximum Gasteiger partial charge on any atom is 0.251 e. The molecule has 0 aliphatic carbocycles. The smallest absolute Gasteiger partial charge is 0.251 e. The van der Waals surface area contributed by atoms with Crippen molar-refractivity contribution >= 4 is 17.7 Å². The van der Waals surface area contributed by atoms with Gasteiger partial charge in [-0.2, -0.15) is 0 Å². The minimum absolute atomic E-state index is 0.116. The lowest BCUT2D eigenvalue weighted by molar-refractivity contribution is -0.126. The molecule has 6 nitrogen and oxygen atoms in total. The van der Waals surface area contributed by atoms with E-state index in [9.17, 15) is 14.4 Å². The summed E-state index contributed by atoms with van der Waals surface area (Å²) in [4.78, 5) is 35.3. The summed E-state index contributed by atoms with van der Waals surface area (Å²) in [6, 6.07) is 5.49. The molecule has 0 heterocycles. The van der Waals surface area contributed by atoms with Gasteiger partial charge in [0.05, 0.1) is 13.1 Å². The fourth-order valence-electron chi connectivity index (χ4n) is 2.07. The highest BCUT2D eigenvalue weighted by Crippen LogP contribution is 2.08. The summed E-state index contributed by atoms with van der Waals surface area (Å²) in [5.74, 6) is -0.996. The molecule has 0 spiro atoms. The van der Waals surface area contributed by atoms with Gasteiger partial charge in [0.15, 0.2) is 0 Å². The maximum absolute atomic E-state index is 12.0. The Bertz CT molecular complexity index is 583. The lowest BCUT2D eigenvalue weighted by Crippen LogP contribution is -2.47. The van der Waals surface area contributed by atoms with Crippen LogP contribution in [0, 0.1) is 13.8 Å². The third-order valence-corrected chi connectivity index (χ3v) is 2.85. The summed E-state index contributed by atoms with van der Waals surface area (Å²) >= 11 is 0. The monoisotopic (exact) mass is 319 g/mol. The molecular weight excluding hydrogens is 294 g/mol. The second kappa shape index (κ2) is 7.76. The average Bonchev–Trinajstić information content (AvgIpc) is 2.39. The third kappa shape index (κ3) is 7.44. The Balaban J connectivity index is 2.41. The summed E-state index contributed by atoms with van der Waals surface area (Å²) in [6.45, 7) is 9.10. The number of nitrogens with one attached hydrogen (secondary N) is 3. The Kier molecular flexibility index (Phi) is 6.30. The molecular formula is C17H25N3O3. The van der Waals surface area contributed by atoms with E-state index in [4.69, 9.17) is 0 Å². The number of hydrogen-bond acceptors (Lipinski definition) is 3. The first-order valence-electron chi connectivity index (χ1n) is 7.51. The number of benzene rings is 1. The second-order valence-electron chi connectivity index (χ2n) is 6.63. The van der Waals surface area contributed by atoms with Crippen molar-refractivity contribution in [2.45, 2.75) is 40.2 Å². The fourth-order valence-corrected chi connectivity index (χ4v) is 2.07. The molecule has 0 aliphatic heterocycles. The van der Waals surface area contributed by atoms with Gasteiger partial charge in [0.25, 0.3) is 5.91 Å². The van der Waals surface area contributed by atoms with Crippen molar-refractivity contribution in [1.82, 2.24) is 16.0 Å². The van der Waals surface area contributed by atoms with Crippen LogP contribution >= 0.6 is 0 Å². The second-order valence-corrected chi connectivity index (χ2v) is 6.63. The van der Waals surface area contributed by atoms with Crippen molar-refractivity contribution in [2.24, 2.45) is 0 Å². The molecule has 1 aromatic carbocycles. The molecule has 0 saturated carbocycles. The Morgan fingerprint density at radius 2 is 1.39 bits per heavy atom. The largest absolute Gasteiger partial charge is 0.350 e. The molecule has 126 valence electrons. The molecule has 6 heteroatoms. The first kappa shape index (κ1) is 18.7. The third-order valence-electron chi connectivity index (χ3n) is 2.85. The van der Waals surface area contributed by atoms with Crippen molar-refractivity contribution in [3.63, 3.8) is 0 Å². The highest BCUT2D eigenvalue weighted by molar-refractivity contribution is 5.97. The van der Waals surface area contributed by atoms with Crippen molar-refractivity contribution in [3.05, 3.63) is 34.9 Å². The molecule has 0 radical (unpaired) electrons. The molecule has 1 aromatic rings. The molecule has 0 bridgehead atoms. The van der Waals surface area contributed by atoms with Crippen molar-refractivity contribution in [1.29, 1.82) is 0 Å². The maximum atomic E-state index is 12.0. The number of rotatable bonds is 5. The normalized spacial score (nSPS) is 10.8. The van der Waals surface area contributed by atoms with Gasteiger partial charge in [-0.25, -0.2) is 0 Å². The van der Waals surface area contributed by atoms with Crippen LogP contribution in [0.15, 0.2) is 18.2 Å². The van der Waals surface area contributed by atoms with Gasteiger partial charge in [0.2, 0.25) is 11.8 Å². The molecule has 1 rings (SSSR count). The van der Waals surface area contributed by atoms with Gasteiger partial charge in [0, 0.05) is 11.1 Å². The van der Waals surface area contributed by atoms with Gasteiger partial charge < -0.3 is 16.0 Å². The SMILES string of the molecule is Cc1cc(C)cc(C(=O)NCC(=O)NCC(=O)NC(C)(C)C)c1. The number of carbonyl (C=O) groups excluding carboxylic acids is 3. The first-order valence-corrected chi connectivity index (χ1v) is 7.51. The number of aryl methyl sites for hydroxylation is 2. The van der Waals surface area contributed by atoms with Gasteiger partial charge >= 0.3 is 0 Å². The number of amides is 3. The van der Waals surface area contributed by atoms with Gasteiger partial charge in [-0.1, -0.05) is 17.2 Å². The van der Waals surface area contributed by atoms with Crippen LogP contribution in [-0.2, 0) is 9.59 Å². The number of carbonyl (C=O) groups is 3. The Morgan fingerprint density at radius 1 is 0.870 bits per heavy atom.